The standard InChI is InChI=1S/C17H20F2N2/c1-17(2,3)13-6-4-5-11-7-16(20-8-12(11)13)21-9-14(18)15(19)10-21/h4-8,14-15H,9-10H2,1-3H3/t14-,15+. The second-order valence-electron chi connectivity index (χ2n) is 6.76. The van der Waals surface area contributed by atoms with Crippen molar-refractivity contribution < 1.29 is 8.78 Å². The average molecular weight is 290 g/mol. The molecular formula is C17H20F2N2. The van der Waals surface area contributed by atoms with Crippen LogP contribution >= 0.6 is 0 Å². The second kappa shape index (κ2) is 4.93. The molecule has 0 amide bonds. The van der Waals surface area contributed by atoms with E-state index >= 15 is 0 Å². The predicted octanol–water partition coefficient (Wildman–Crippen LogP) is 4.03. The highest BCUT2D eigenvalue weighted by molar-refractivity contribution is 5.87. The fraction of sp³-hybridized carbons (Fsp3) is 0.471. The Balaban J connectivity index is 2.02. The molecule has 2 atom stereocenters. The number of hydrogen-bond acceptors (Lipinski definition) is 2. The van der Waals surface area contributed by atoms with Crippen molar-refractivity contribution in [1.82, 2.24) is 4.98 Å². The van der Waals surface area contributed by atoms with E-state index in [4.69, 9.17) is 0 Å². The van der Waals surface area contributed by atoms with Crippen LogP contribution in [0.5, 0.6) is 0 Å². The van der Waals surface area contributed by atoms with Crippen molar-refractivity contribution in [1.29, 1.82) is 0 Å². The van der Waals surface area contributed by atoms with Gasteiger partial charge in [0.2, 0.25) is 0 Å². The normalized spacial score (nSPS) is 23.0. The summed E-state index contributed by atoms with van der Waals surface area (Å²) in [7, 11) is 0. The van der Waals surface area contributed by atoms with E-state index < -0.39 is 12.3 Å². The molecular weight excluding hydrogens is 270 g/mol. The molecule has 2 nitrogen and oxygen atoms in total. The molecule has 0 aliphatic carbocycles. The molecule has 2 aromatic rings. The van der Waals surface area contributed by atoms with Gasteiger partial charge in [0, 0.05) is 11.6 Å². The molecule has 0 radical (unpaired) electrons. The van der Waals surface area contributed by atoms with Gasteiger partial charge in [-0.25, -0.2) is 13.8 Å². The average Bonchev–Trinajstić information content (AvgIpc) is 2.76. The van der Waals surface area contributed by atoms with Crippen LogP contribution in [0.1, 0.15) is 26.3 Å². The van der Waals surface area contributed by atoms with Crippen molar-refractivity contribution in [3.05, 3.63) is 36.0 Å². The third kappa shape index (κ3) is 2.59. The minimum atomic E-state index is -1.41. The molecule has 1 aromatic carbocycles. The maximum Gasteiger partial charge on any atom is 0.150 e. The quantitative estimate of drug-likeness (QED) is 0.788. The van der Waals surface area contributed by atoms with E-state index in [1.54, 1.807) is 4.90 Å². The Morgan fingerprint density at radius 2 is 1.81 bits per heavy atom. The highest BCUT2D eigenvalue weighted by Gasteiger charge is 2.33. The van der Waals surface area contributed by atoms with Gasteiger partial charge in [-0.15, -0.1) is 0 Å². The first kappa shape index (κ1) is 14.2. The lowest BCUT2D eigenvalue weighted by atomic mass is 9.84. The molecule has 0 N–H and O–H groups in total. The maximum atomic E-state index is 13.3. The van der Waals surface area contributed by atoms with Crippen LogP contribution < -0.4 is 4.90 Å². The van der Waals surface area contributed by atoms with Gasteiger partial charge < -0.3 is 4.90 Å². The van der Waals surface area contributed by atoms with E-state index in [0.29, 0.717) is 5.82 Å². The number of aromatic nitrogens is 1. The summed E-state index contributed by atoms with van der Waals surface area (Å²) in [5, 5.41) is 2.16. The number of fused-ring (bicyclic) bond motifs is 1. The number of rotatable bonds is 1. The van der Waals surface area contributed by atoms with Gasteiger partial charge in [-0.05, 0) is 22.4 Å². The predicted molar refractivity (Wildman–Crippen MR) is 82.4 cm³/mol. The van der Waals surface area contributed by atoms with Crippen molar-refractivity contribution in [2.24, 2.45) is 0 Å². The third-order valence-electron chi connectivity index (χ3n) is 4.06. The van der Waals surface area contributed by atoms with Crippen LogP contribution in [-0.2, 0) is 5.41 Å². The Kier molecular flexibility index (Phi) is 3.34. The van der Waals surface area contributed by atoms with Gasteiger partial charge in [-0.3, -0.25) is 0 Å². The second-order valence-corrected chi connectivity index (χ2v) is 6.76. The van der Waals surface area contributed by atoms with Crippen LogP contribution in [0.2, 0.25) is 0 Å². The van der Waals surface area contributed by atoms with Gasteiger partial charge in [0.25, 0.3) is 0 Å². The van der Waals surface area contributed by atoms with E-state index in [9.17, 15) is 8.78 Å². The van der Waals surface area contributed by atoms with Gasteiger partial charge in [-0.2, -0.15) is 0 Å². The highest BCUT2D eigenvalue weighted by Crippen LogP contribution is 2.32. The molecule has 2 heterocycles. The van der Waals surface area contributed by atoms with Gasteiger partial charge in [-0.1, -0.05) is 39.0 Å². The van der Waals surface area contributed by atoms with Gasteiger partial charge >= 0.3 is 0 Å². The van der Waals surface area contributed by atoms with Crippen LogP contribution in [0.25, 0.3) is 10.8 Å². The Bertz CT molecular complexity index is 653. The topological polar surface area (TPSA) is 16.1 Å². The Labute approximate surface area is 123 Å². The molecule has 1 fully saturated rings. The fourth-order valence-corrected chi connectivity index (χ4v) is 2.90. The zero-order valence-corrected chi connectivity index (χ0v) is 12.6. The molecule has 3 rings (SSSR count). The zero-order chi connectivity index (χ0) is 15.2. The van der Waals surface area contributed by atoms with Crippen LogP contribution in [0.4, 0.5) is 14.6 Å². The molecule has 0 spiro atoms. The SMILES string of the molecule is CC(C)(C)c1cccc2cc(N3C[C@@H](F)[C@@H](F)C3)ncc12. The largest absolute Gasteiger partial charge is 0.351 e. The molecule has 1 saturated heterocycles. The van der Waals surface area contributed by atoms with Crippen molar-refractivity contribution in [3.8, 4) is 0 Å². The van der Waals surface area contributed by atoms with Crippen LogP contribution in [0, 0.1) is 0 Å². The zero-order valence-electron chi connectivity index (χ0n) is 12.6. The summed E-state index contributed by atoms with van der Waals surface area (Å²) in [4.78, 5) is 6.10. The molecule has 1 aromatic heterocycles. The number of alkyl halides is 2. The third-order valence-corrected chi connectivity index (χ3v) is 4.06. The lowest BCUT2D eigenvalue weighted by Crippen LogP contribution is -2.21. The maximum absolute atomic E-state index is 13.3. The highest BCUT2D eigenvalue weighted by atomic mass is 19.2. The molecule has 112 valence electrons. The minimum Gasteiger partial charge on any atom is -0.351 e. The molecule has 4 heteroatoms. The summed E-state index contributed by atoms with van der Waals surface area (Å²) >= 11 is 0. The Hall–Kier alpha value is -1.71. The van der Waals surface area contributed by atoms with E-state index in [-0.39, 0.29) is 18.5 Å². The molecule has 0 bridgehead atoms. The van der Waals surface area contributed by atoms with Crippen molar-refractivity contribution in [3.63, 3.8) is 0 Å². The first-order valence-electron chi connectivity index (χ1n) is 7.28. The summed E-state index contributed by atoms with van der Waals surface area (Å²) in [6.45, 7) is 6.66. The van der Waals surface area contributed by atoms with Crippen molar-refractivity contribution >= 4 is 16.6 Å². The molecule has 0 saturated carbocycles. The number of anilines is 1. The van der Waals surface area contributed by atoms with E-state index in [1.807, 2.05) is 24.4 Å². The Morgan fingerprint density at radius 1 is 1.14 bits per heavy atom. The van der Waals surface area contributed by atoms with E-state index in [0.717, 1.165) is 10.8 Å². The summed E-state index contributed by atoms with van der Waals surface area (Å²) in [5.41, 5.74) is 1.26. The first-order chi connectivity index (χ1) is 9.86. The summed E-state index contributed by atoms with van der Waals surface area (Å²) in [6.07, 6.45) is -1.00. The molecule has 1 aliphatic heterocycles. The van der Waals surface area contributed by atoms with Gasteiger partial charge in [0.1, 0.15) is 5.82 Å². The smallest absolute Gasteiger partial charge is 0.150 e. The number of halogens is 2. The van der Waals surface area contributed by atoms with E-state index in [1.165, 1.54) is 5.56 Å². The number of nitrogens with zero attached hydrogens (tertiary/aromatic N) is 2. The molecule has 1 aliphatic rings. The first-order valence-corrected chi connectivity index (χ1v) is 7.28. The van der Waals surface area contributed by atoms with Crippen molar-refractivity contribution in [2.45, 2.75) is 38.5 Å². The van der Waals surface area contributed by atoms with Crippen LogP contribution in [-0.4, -0.2) is 30.4 Å². The van der Waals surface area contributed by atoms with Gasteiger partial charge in [0.05, 0.1) is 13.1 Å². The van der Waals surface area contributed by atoms with Crippen LogP contribution in [0.3, 0.4) is 0 Å². The number of hydrogen-bond donors (Lipinski definition) is 0. The van der Waals surface area contributed by atoms with Crippen molar-refractivity contribution in [2.75, 3.05) is 18.0 Å². The molecule has 0 unspecified atom stereocenters. The monoisotopic (exact) mass is 290 g/mol. The summed E-state index contributed by atoms with van der Waals surface area (Å²) < 4.78 is 26.7. The number of pyridine rings is 1. The van der Waals surface area contributed by atoms with E-state index in [2.05, 4.69) is 31.8 Å². The molecule has 21 heavy (non-hydrogen) atoms. The Morgan fingerprint density at radius 3 is 2.43 bits per heavy atom. The number of benzene rings is 1. The van der Waals surface area contributed by atoms with Gasteiger partial charge in [0.15, 0.2) is 12.3 Å². The lowest BCUT2D eigenvalue weighted by molar-refractivity contribution is 0.217. The fourth-order valence-electron chi connectivity index (χ4n) is 2.90. The summed E-state index contributed by atoms with van der Waals surface area (Å²) in [6, 6.07) is 8.07. The van der Waals surface area contributed by atoms with Crippen LogP contribution in [0.15, 0.2) is 30.5 Å². The minimum absolute atomic E-state index is 0.0322. The lowest BCUT2D eigenvalue weighted by Gasteiger charge is -2.22. The summed E-state index contributed by atoms with van der Waals surface area (Å²) in [5.74, 6) is 0.649.